The molecular formula is C16H23F3N2O. The lowest BCUT2D eigenvalue weighted by atomic mass is 9.93. The number of benzene rings is 1. The van der Waals surface area contributed by atoms with E-state index in [1.54, 1.807) is 0 Å². The van der Waals surface area contributed by atoms with Crippen molar-refractivity contribution in [2.24, 2.45) is 5.92 Å². The molecule has 3 nitrogen and oxygen atoms in total. The smallest absolute Gasteiger partial charge is 0.416 e. The van der Waals surface area contributed by atoms with Gasteiger partial charge in [-0.15, -0.1) is 0 Å². The van der Waals surface area contributed by atoms with Crippen LogP contribution in [0.5, 0.6) is 5.75 Å². The van der Waals surface area contributed by atoms with Gasteiger partial charge in [0.15, 0.2) is 0 Å². The highest BCUT2D eigenvalue weighted by Crippen LogP contribution is 2.38. The Kier molecular flexibility index (Phi) is 5.34. The first-order valence-electron chi connectivity index (χ1n) is 7.64. The maximum absolute atomic E-state index is 13.0. The summed E-state index contributed by atoms with van der Waals surface area (Å²) in [5.74, 6) is 0.269. The average molecular weight is 316 g/mol. The van der Waals surface area contributed by atoms with Crippen LogP contribution in [0.1, 0.15) is 37.4 Å². The highest BCUT2D eigenvalue weighted by molar-refractivity contribution is 5.39. The summed E-state index contributed by atoms with van der Waals surface area (Å²) in [5, 5.41) is 13.3. The average Bonchev–Trinajstić information content (AvgIpc) is 2.45. The highest BCUT2D eigenvalue weighted by atomic mass is 19.4. The molecule has 0 unspecified atom stereocenters. The lowest BCUT2D eigenvalue weighted by Crippen LogP contribution is -2.45. The van der Waals surface area contributed by atoms with E-state index in [-0.39, 0.29) is 11.8 Å². The standard InChI is InChI=1S/C16H23F3N2O/c1-11(2)9-14(21-7-5-20-6-8-21)13-10-12(16(17,18)19)3-4-15(13)22/h3-4,10-11,14,20,22H,5-9H2,1-2H3/t14-/m1/s1. The second kappa shape index (κ2) is 6.87. The van der Waals surface area contributed by atoms with Crippen LogP contribution in [0.25, 0.3) is 0 Å². The summed E-state index contributed by atoms with van der Waals surface area (Å²) in [6, 6.07) is 3.01. The van der Waals surface area contributed by atoms with Gasteiger partial charge in [-0.2, -0.15) is 13.2 Å². The number of hydrogen-bond donors (Lipinski definition) is 2. The number of phenolic OH excluding ortho intramolecular Hbond substituents is 1. The first-order chi connectivity index (χ1) is 10.3. The summed E-state index contributed by atoms with van der Waals surface area (Å²) in [4.78, 5) is 2.16. The number of nitrogens with one attached hydrogen (secondary N) is 1. The number of alkyl halides is 3. The minimum Gasteiger partial charge on any atom is -0.508 e. The third-order valence-corrected chi connectivity index (χ3v) is 4.00. The van der Waals surface area contributed by atoms with Crippen LogP contribution in [0.3, 0.4) is 0 Å². The van der Waals surface area contributed by atoms with Gasteiger partial charge >= 0.3 is 6.18 Å². The van der Waals surface area contributed by atoms with Gasteiger partial charge in [0, 0.05) is 37.8 Å². The minimum atomic E-state index is -4.39. The molecule has 0 radical (unpaired) electrons. The number of phenols is 1. The first kappa shape index (κ1) is 17.1. The maximum atomic E-state index is 13.0. The molecule has 1 aliphatic heterocycles. The van der Waals surface area contributed by atoms with E-state index >= 15 is 0 Å². The third-order valence-electron chi connectivity index (χ3n) is 4.00. The first-order valence-corrected chi connectivity index (χ1v) is 7.64. The van der Waals surface area contributed by atoms with E-state index in [9.17, 15) is 18.3 Å². The van der Waals surface area contributed by atoms with E-state index < -0.39 is 11.7 Å². The lowest BCUT2D eigenvalue weighted by molar-refractivity contribution is -0.137. The molecule has 0 spiro atoms. The van der Waals surface area contributed by atoms with Crippen molar-refractivity contribution in [2.75, 3.05) is 26.2 Å². The number of nitrogens with zero attached hydrogens (tertiary/aromatic N) is 1. The normalized spacial score (nSPS) is 18.6. The molecule has 0 bridgehead atoms. The van der Waals surface area contributed by atoms with Gasteiger partial charge in [-0.3, -0.25) is 4.90 Å². The van der Waals surface area contributed by atoms with E-state index in [0.29, 0.717) is 11.5 Å². The largest absolute Gasteiger partial charge is 0.508 e. The molecule has 0 saturated carbocycles. The van der Waals surface area contributed by atoms with Gasteiger partial charge in [-0.1, -0.05) is 13.8 Å². The molecule has 0 amide bonds. The summed E-state index contributed by atoms with van der Waals surface area (Å²) in [7, 11) is 0. The van der Waals surface area contributed by atoms with Crippen molar-refractivity contribution in [1.82, 2.24) is 10.2 Å². The molecule has 2 N–H and O–H groups in total. The third kappa shape index (κ3) is 4.14. The Morgan fingerprint density at radius 3 is 2.41 bits per heavy atom. The fourth-order valence-electron chi connectivity index (χ4n) is 2.91. The molecule has 1 fully saturated rings. The number of rotatable bonds is 4. The van der Waals surface area contributed by atoms with Gasteiger partial charge in [0.1, 0.15) is 5.75 Å². The lowest BCUT2D eigenvalue weighted by Gasteiger charge is -2.36. The summed E-state index contributed by atoms with van der Waals surface area (Å²) in [6.07, 6.45) is -3.68. The zero-order valence-electron chi connectivity index (χ0n) is 13.0. The van der Waals surface area contributed by atoms with Crippen LogP contribution in [0.2, 0.25) is 0 Å². The molecule has 22 heavy (non-hydrogen) atoms. The fourth-order valence-corrected chi connectivity index (χ4v) is 2.91. The number of aromatic hydroxyl groups is 1. The van der Waals surface area contributed by atoms with Gasteiger partial charge in [0.2, 0.25) is 0 Å². The van der Waals surface area contributed by atoms with Gasteiger partial charge < -0.3 is 10.4 Å². The van der Waals surface area contributed by atoms with Crippen LogP contribution in [-0.2, 0) is 6.18 Å². The Labute approximate surface area is 129 Å². The molecule has 1 heterocycles. The highest BCUT2D eigenvalue weighted by Gasteiger charge is 2.33. The van der Waals surface area contributed by atoms with Crippen LogP contribution in [0.4, 0.5) is 13.2 Å². The van der Waals surface area contributed by atoms with Crippen LogP contribution in [-0.4, -0.2) is 36.2 Å². The minimum absolute atomic E-state index is 0.0582. The predicted molar refractivity (Wildman–Crippen MR) is 79.7 cm³/mol. The summed E-state index contributed by atoms with van der Waals surface area (Å²) < 4.78 is 38.9. The number of halogens is 3. The molecule has 0 aromatic heterocycles. The van der Waals surface area contributed by atoms with E-state index in [4.69, 9.17) is 0 Å². The van der Waals surface area contributed by atoms with E-state index in [1.807, 2.05) is 13.8 Å². The molecule has 1 aliphatic rings. The van der Waals surface area contributed by atoms with Crippen molar-refractivity contribution in [3.63, 3.8) is 0 Å². The van der Waals surface area contributed by atoms with Crippen molar-refractivity contribution < 1.29 is 18.3 Å². The molecule has 6 heteroatoms. The Morgan fingerprint density at radius 2 is 1.86 bits per heavy atom. The predicted octanol–water partition coefficient (Wildman–Crippen LogP) is 3.40. The Morgan fingerprint density at radius 1 is 1.23 bits per heavy atom. The molecule has 1 saturated heterocycles. The van der Waals surface area contributed by atoms with Crippen molar-refractivity contribution in [3.05, 3.63) is 29.3 Å². The van der Waals surface area contributed by atoms with Crippen LogP contribution >= 0.6 is 0 Å². The Bertz CT molecular complexity index is 497. The van der Waals surface area contributed by atoms with Crippen molar-refractivity contribution in [2.45, 2.75) is 32.5 Å². The monoisotopic (exact) mass is 316 g/mol. The molecular weight excluding hydrogens is 293 g/mol. The van der Waals surface area contributed by atoms with Gasteiger partial charge in [-0.05, 0) is 30.5 Å². The second-order valence-electron chi connectivity index (χ2n) is 6.20. The molecule has 1 aromatic carbocycles. The van der Waals surface area contributed by atoms with Gasteiger partial charge in [-0.25, -0.2) is 0 Å². The van der Waals surface area contributed by atoms with Crippen LogP contribution in [0, 0.1) is 5.92 Å². The molecule has 0 aliphatic carbocycles. The zero-order chi connectivity index (χ0) is 16.3. The van der Waals surface area contributed by atoms with Crippen molar-refractivity contribution in [1.29, 1.82) is 0 Å². The quantitative estimate of drug-likeness (QED) is 0.893. The Hall–Kier alpha value is -1.27. The fraction of sp³-hybridized carbons (Fsp3) is 0.625. The van der Waals surface area contributed by atoms with E-state index in [1.165, 1.54) is 0 Å². The van der Waals surface area contributed by atoms with Crippen molar-refractivity contribution >= 4 is 0 Å². The SMILES string of the molecule is CC(C)C[C@H](c1cc(C(F)(F)F)ccc1O)N1CCNCC1. The van der Waals surface area contributed by atoms with E-state index in [0.717, 1.165) is 50.8 Å². The topological polar surface area (TPSA) is 35.5 Å². The molecule has 2 rings (SSSR count). The van der Waals surface area contributed by atoms with Gasteiger partial charge in [0.05, 0.1) is 5.56 Å². The summed E-state index contributed by atoms with van der Waals surface area (Å²) in [6.45, 7) is 7.25. The summed E-state index contributed by atoms with van der Waals surface area (Å²) >= 11 is 0. The number of piperazine rings is 1. The van der Waals surface area contributed by atoms with Crippen molar-refractivity contribution in [3.8, 4) is 5.75 Å². The maximum Gasteiger partial charge on any atom is 0.416 e. The number of hydrogen-bond acceptors (Lipinski definition) is 3. The molecule has 124 valence electrons. The van der Waals surface area contributed by atoms with Gasteiger partial charge in [0.25, 0.3) is 0 Å². The Balaban J connectivity index is 2.37. The van der Waals surface area contributed by atoms with E-state index in [2.05, 4.69) is 10.2 Å². The molecule has 1 aromatic rings. The zero-order valence-corrected chi connectivity index (χ0v) is 13.0. The van der Waals surface area contributed by atoms with Crippen LogP contribution < -0.4 is 5.32 Å². The summed E-state index contributed by atoms with van der Waals surface area (Å²) in [5.41, 5.74) is -0.324. The second-order valence-corrected chi connectivity index (χ2v) is 6.20. The van der Waals surface area contributed by atoms with Crippen LogP contribution in [0.15, 0.2) is 18.2 Å². The molecule has 1 atom stereocenters.